The molecule has 1 aromatic carbocycles. The van der Waals surface area contributed by atoms with Crippen LogP contribution in [0, 0.1) is 6.92 Å². The molecule has 0 aliphatic carbocycles. The van der Waals surface area contributed by atoms with Crippen LogP contribution in [0.2, 0.25) is 0 Å². The third kappa shape index (κ3) is 4.15. The molecule has 0 bridgehead atoms. The van der Waals surface area contributed by atoms with Crippen LogP contribution in [0.25, 0.3) is 0 Å². The average molecular weight is 294 g/mol. The van der Waals surface area contributed by atoms with E-state index in [1.165, 1.54) is 0 Å². The molecule has 1 heterocycles. The molecular formula is C15H22N2O2S. The van der Waals surface area contributed by atoms with Crippen molar-refractivity contribution < 1.29 is 9.53 Å². The van der Waals surface area contributed by atoms with Gasteiger partial charge in [0.25, 0.3) is 0 Å². The SMILES string of the molecule is COC1(CNC(=O)Nc2cccc(C)c2)CCSCC1. The molecule has 1 aliphatic rings. The number of aryl methyl sites for hydroxylation is 1. The lowest BCUT2D eigenvalue weighted by Crippen LogP contribution is -2.47. The predicted octanol–water partition coefficient (Wildman–Crippen LogP) is 3.03. The summed E-state index contributed by atoms with van der Waals surface area (Å²) in [4.78, 5) is 11.9. The number of hydrogen-bond donors (Lipinski definition) is 2. The number of rotatable bonds is 4. The second kappa shape index (κ2) is 6.99. The molecule has 2 N–H and O–H groups in total. The van der Waals surface area contributed by atoms with E-state index in [0.717, 1.165) is 35.6 Å². The summed E-state index contributed by atoms with van der Waals surface area (Å²) < 4.78 is 5.64. The van der Waals surface area contributed by atoms with Crippen molar-refractivity contribution in [2.45, 2.75) is 25.4 Å². The van der Waals surface area contributed by atoms with Crippen LogP contribution in [0.3, 0.4) is 0 Å². The van der Waals surface area contributed by atoms with Crippen molar-refractivity contribution in [3.8, 4) is 0 Å². The van der Waals surface area contributed by atoms with Gasteiger partial charge in [0, 0.05) is 19.3 Å². The monoisotopic (exact) mass is 294 g/mol. The summed E-state index contributed by atoms with van der Waals surface area (Å²) in [6.07, 6.45) is 1.97. The van der Waals surface area contributed by atoms with Gasteiger partial charge in [-0.1, -0.05) is 12.1 Å². The summed E-state index contributed by atoms with van der Waals surface area (Å²) in [5, 5.41) is 5.78. The number of thioether (sulfide) groups is 1. The first kappa shape index (κ1) is 15.2. The third-order valence-corrected chi connectivity index (χ3v) is 4.67. The van der Waals surface area contributed by atoms with Crippen molar-refractivity contribution in [2.75, 3.05) is 30.5 Å². The van der Waals surface area contributed by atoms with Crippen molar-refractivity contribution in [1.29, 1.82) is 0 Å². The molecular weight excluding hydrogens is 272 g/mol. The van der Waals surface area contributed by atoms with Crippen LogP contribution in [0.15, 0.2) is 24.3 Å². The zero-order valence-electron chi connectivity index (χ0n) is 12.1. The van der Waals surface area contributed by atoms with Gasteiger partial charge < -0.3 is 15.4 Å². The van der Waals surface area contributed by atoms with Crippen LogP contribution < -0.4 is 10.6 Å². The summed E-state index contributed by atoms with van der Waals surface area (Å²) in [5.41, 5.74) is 1.74. The molecule has 0 unspecified atom stereocenters. The number of nitrogens with one attached hydrogen (secondary N) is 2. The maximum atomic E-state index is 11.9. The molecule has 1 aliphatic heterocycles. The Hall–Kier alpha value is -1.20. The number of carbonyl (C=O) groups is 1. The van der Waals surface area contributed by atoms with Crippen molar-refractivity contribution in [2.24, 2.45) is 0 Å². The van der Waals surface area contributed by atoms with Gasteiger partial charge in [0.15, 0.2) is 0 Å². The Kier molecular flexibility index (Phi) is 5.31. The van der Waals surface area contributed by atoms with Crippen molar-refractivity contribution in [3.05, 3.63) is 29.8 Å². The van der Waals surface area contributed by atoms with Crippen molar-refractivity contribution in [1.82, 2.24) is 5.32 Å². The number of methoxy groups -OCH3 is 1. The third-order valence-electron chi connectivity index (χ3n) is 3.68. The Balaban J connectivity index is 1.85. The number of hydrogen-bond acceptors (Lipinski definition) is 3. The molecule has 5 heteroatoms. The minimum Gasteiger partial charge on any atom is -0.376 e. The Morgan fingerprint density at radius 2 is 2.15 bits per heavy atom. The maximum absolute atomic E-state index is 11.9. The first-order chi connectivity index (χ1) is 9.63. The number of urea groups is 1. The molecule has 2 rings (SSSR count). The Bertz CT molecular complexity index is 459. The first-order valence-corrected chi connectivity index (χ1v) is 8.03. The molecule has 1 fully saturated rings. The van der Waals surface area contributed by atoms with Gasteiger partial charge >= 0.3 is 6.03 Å². The second-order valence-electron chi connectivity index (χ2n) is 5.18. The van der Waals surface area contributed by atoms with E-state index in [0.29, 0.717) is 6.54 Å². The van der Waals surface area contributed by atoms with Crippen LogP contribution in [0.5, 0.6) is 0 Å². The zero-order chi connectivity index (χ0) is 14.4. The van der Waals surface area contributed by atoms with E-state index in [1.54, 1.807) is 7.11 Å². The van der Waals surface area contributed by atoms with Crippen LogP contribution in [-0.2, 0) is 4.74 Å². The number of ether oxygens (including phenoxy) is 1. The van der Waals surface area contributed by atoms with E-state index in [2.05, 4.69) is 10.6 Å². The van der Waals surface area contributed by atoms with Gasteiger partial charge in [0.05, 0.1) is 5.60 Å². The molecule has 0 saturated carbocycles. The topological polar surface area (TPSA) is 50.4 Å². The smallest absolute Gasteiger partial charge is 0.319 e. The number of amides is 2. The summed E-state index contributed by atoms with van der Waals surface area (Å²) in [5.74, 6) is 2.18. The predicted molar refractivity (Wildman–Crippen MR) is 84.5 cm³/mol. The largest absolute Gasteiger partial charge is 0.376 e. The zero-order valence-corrected chi connectivity index (χ0v) is 12.9. The van der Waals surface area contributed by atoms with Gasteiger partial charge in [0.1, 0.15) is 0 Å². The van der Waals surface area contributed by atoms with Crippen molar-refractivity contribution in [3.63, 3.8) is 0 Å². The van der Waals surface area contributed by atoms with E-state index in [4.69, 9.17) is 4.74 Å². The number of anilines is 1. The molecule has 110 valence electrons. The number of carbonyl (C=O) groups excluding carboxylic acids is 1. The normalized spacial score (nSPS) is 17.5. The maximum Gasteiger partial charge on any atom is 0.319 e. The lowest BCUT2D eigenvalue weighted by Gasteiger charge is -2.35. The fraction of sp³-hybridized carbons (Fsp3) is 0.533. The molecule has 0 spiro atoms. The van der Waals surface area contributed by atoms with Crippen LogP contribution in [-0.4, -0.2) is 36.8 Å². The highest BCUT2D eigenvalue weighted by atomic mass is 32.2. The second-order valence-corrected chi connectivity index (χ2v) is 6.40. The summed E-state index contributed by atoms with van der Waals surface area (Å²) >= 11 is 1.94. The van der Waals surface area contributed by atoms with E-state index < -0.39 is 0 Å². The molecule has 20 heavy (non-hydrogen) atoms. The van der Waals surface area contributed by atoms with E-state index in [1.807, 2.05) is 43.0 Å². The van der Waals surface area contributed by atoms with Gasteiger partial charge in [-0.15, -0.1) is 0 Å². The molecule has 0 radical (unpaired) electrons. The molecule has 1 saturated heterocycles. The highest BCUT2D eigenvalue weighted by molar-refractivity contribution is 7.99. The highest BCUT2D eigenvalue weighted by Gasteiger charge is 2.32. The average Bonchev–Trinajstić information content (AvgIpc) is 2.46. The minimum atomic E-state index is -0.199. The quantitative estimate of drug-likeness (QED) is 0.897. The lowest BCUT2D eigenvalue weighted by molar-refractivity contribution is -0.0134. The van der Waals surface area contributed by atoms with Crippen molar-refractivity contribution >= 4 is 23.5 Å². The Morgan fingerprint density at radius 1 is 1.40 bits per heavy atom. The van der Waals surface area contributed by atoms with Crippen LogP contribution in [0.4, 0.5) is 10.5 Å². The van der Waals surface area contributed by atoms with Gasteiger partial charge in [0.2, 0.25) is 0 Å². The van der Waals surface area contributed by atoms with Gasteiger partial charge in [-0.3, -0.25) is 0 Å². The molecule has 0 atom stereocenters. The summed E-state index contributed by atoms with van der Waals surface area (Å²) in [6, 6.07) is 7.59. The van der Waals surface area contributed by atoms with Gasteiger partial charge in [-0.2, -0.15) is 11.8 Å². The fourth-order valence-electron chi connectivity index (χ4n) is 2.34. The van der Waals surface area contributed by atoms with Gasteiger partial charge in [-0.05, 0) is 49.0 Å². The molecule has 2 amide bonds. The lowest BCUT2D eigenvalue weighted by atomic mass is 9.96. The minimum absolute atomic E-state index is 0.176. The van der Waals surface area contributed by atoms with E-state index >= 15 is 0 Å². The van der Waals surface area contributed by atoms with E-state index in [-0.39, 0.29) is 11.6 Å². The molecule has 1 aromatic rings. The highest BCUT2D eigenvalue weighted by Crippen LogP contribution is 2.29. The fourth-order valence-corrected chi connectivity index (χ4v) is 3.57. The Morgan fingerprint density at radius 3 is 2.80 bits per heavy atom. The first-order valence-electron chi connectivity index (χ1n) is 6.88. The molecule has 0 aromatic heterocycles. The van der Waals surface area contributed by atoms with E-state index in [9.17, 15) is 4.79 Å². The molecule has 4 nitrogen and oxygen atoms in total. The standard InChI is InChI=1S/C15H22N2O2S/c1-12-4-3-5-13(10-12)17-14(18)16-11-15(19-2)6-8-20-9-7-15/h3-5,10H,6-9,11H2,1-2H3,(H2,16,17,18). The summed E-state index contributed by atoms with van der Waals surface area (Å²) in [6.45, 7) is 2.56. The Labute approximate surface area is 124 Å². The van der Waals surface area contributed by atoms with Crippen LogP contribution in [0.1, 0.15) is 18.4 Å². The van der Waals surface area contributed by atoms with Gasteiger partial charge in [-0.25, -0.2) is 4.79 Å². The van der Waals surface area contributed by atoms with Crippen LogP contribution >= 0.6 is 11.8 Å². The number of benzene rings is 1. The summed E-state index contributed by atoms with van der Waals surface area (Å²) in [7, 11) is 1.73.